The van der Waals surface area contributed by atoms with Gasteiger partial charge in [-0.05, 0) is 31.7 Å². The Bertz CT molecular complexity index is 622. The largest absolute Gasteiger partial charge is 0.445 e. The highest BCUT2D eigenvalue weighted by Crippen LogP contribution is 2.24. The van der Waals surface area contributed by atoms with Gasteiger partial charge in [0.1, 0.15) is 13.2 Å². The molecule has 1 aliphatic carbocycles. The van der Waals surface area contributed by atoms with Crippen molar-refractivity contribution < 1.29 is 14.3 Å². The van der Waals surface area contributed by atoms with E-state index in [0.717, 1.165) is 22.9 Å². The van der Waals surface area contributed by atoms with Gasteiger partial charge in [-0.2, -0.15) is 5.26 Å². The minimum absolute atomic E-state index is 0.0248. The molecule has 2 N–H and O–H groups in total. The van der Waals surface area contributed by atoms with Crippen LogP contribution in [0.25, 0.3) is 0 Å². The molecule has 0 aliphatic heterocycles. The number of nitrogens with zero attached hydrogens (tertiary/aromatic N) is 1. The van der Waals surface area contributed by atoms with E-state index < -0.39 is 6.09 Å². The highest BCUT2D eigenvalue weighted by molar-refractivity contribution is 9.10. The molecule has 0 spiro atoms. The quantitative estimate of drug-likeness (QED) is 0.752. The van der Waals surface area contributed by atoms with E-state index in [-0.39, 0.29) is 31.0 Å². The van der Waals surface area contributed by atoms with Crippen LogP contribution in [-0.4, -0.2) is 24.6 Å². The average Bonchev–Trinajstić information content (AvgIpc) is 2.59. The Kier molecular flexibility index (Phi) is 7.07. The van der Waals surface area contributed by atoms with Gasteiger partial charge >= 0.3 is 6.09 Å². The molecule has 7 heteroatoms. The van der Waals surface area contributed by atoms with Crippen molar-refractivity contribution in [2.75, 3.05) is 6.54 Å². The number of nitrogens with one attached hydrogen (secondary N) is 2. The number of hydrogen-bond acceptors (Lipinski definition) is 4. The lowest BCUT2D eigenvalue weighted by atomic mass is 9.85. The van der Waals surface area contributed by atoms with Gasteiger partial charge in [0, 0.05) is 22.0 Å². The monoisotopic (exact) mass is 393 g/mol. The predicted molar refractivity (Wildman–Crippen MR) is 91.8 cm³/mol. The van der Waals surface area contributed by atoms with Gasteiger partial charge in [-0.3, -0.25) is 4.79 Å². The zero-order valence-electron chi connectivity index (χ0n) is 13.3. The maximum absolute atomic E-state index is 11.9. The van der Waals surface area contributed by atoms with E-state index >= 15 is 0 Å². The lowest BCUT2D eigenvalue weighted by Gasteiger charge is -2.27. The van der Waals surface area contributed by atoms with E-state index in [2.05, 4.69) is 26.6 Å². The number of halogens is 1. The molecule has 24 heavy (non-hydrogen) atoms. The second kappa shape index (κ2) is 9.28. The first-order chi connectivity index (χ1) is 11.6. The first-order valence-corrected chi connectivity index (χ1v) is 8.70. The lowest BCUT2D eigenvalue weighted by Crippen LogP contribution is -2.41. The third-order valence-electron chi connectivity index (χ3n) is 4.08. The van der Waals surface area contributed by atoms with Gasteiger partial charge < -0.3 is 15.4 Å². The molecule has 0 saturated heterocycles. The number of hydrogen-bond donors (Lipinski definition) is 2. The molecule has 0 atom stereocenters. The molecule has 2 rings (SSSR count). The summed E-state index contributed by atoms with van der Waals surface area (Å²) in [5.74, 6) is -0.154. The molecule has 1 aromatic rings. The van der Waals surface area contributed by atoms with Crippen LogP contribution in [0.5, 0.6) is 0 Å². The predicted octanol–water partition coefficient (Wildman–Crippen LogP) is 2.87. The maximum atomic E-state index is 11.9. The molecule has 1 aliphatic rings. The average molecular weight is 394 g/mol. The van der Waals surface area contributed by atoms with Crippen LogP contribution in [0.1, 0.15) is 31.2 Å². The number of benzene rings is 1. The fourth-order valence-electron chi connectivity index (χ4n) is 2.74. The Labute approximate surface area is 149 Å². The zero-order chi connectivity index (χ0) is 17.4. The molecule has 2 amide bonds. The van der Waals surface area contributed by atoms with Crippen LogP contribution in [0, 0.1) is 17.2 Å². The van der Waals surface area contributed by atoms with Gasteiger partial charge in [-0.1, -0.05) is 34.1 Å². The van der Waals surface area contributed by atoms with Gasteiger partial charge in [-0.15, -0.1) is 0 Å². The van der Waals surface area contributed by atoms with E-state index in [0.29, 0.717) is 12.8 Å². The van der Waals surface area contributed by atoms with Crippen LogP contribution in [0.2, 0.25) is 0 Å². The minimum Gasteiger partial charge on any atom is -0.445 e. The van der Waals surface area contributed by atoms with Crippen molar-refractivity contribution in [3.63, 3.8) is 0 Å². The van der Waals surface area contributed by atoms with Crippen molar-refractivity contribution in [3.05, 3.63) is 34.3 Å². The number of amides is 2. The van der Waals surface area contributed by atoms with Crippen LogP contribution in [0.15, 0.2) is 28.7 Å². The molecule has 128 valence electrons. The van der Waals surface area contributed by atoms with Crippen molar-refractivity contribution in [3.8, 4) is 6.07 Å². The van der Waals surface area contributed by atoms with Crippen molar-refractivity contribution in [2.45, 2.75) is 38.3 Å². The van der Waals surface area contributed by atoms with Crippen LogP contribution < -0.4 is 10.6 Å². The Morgan fingerprint density at radius 3 is 2.62 bits per heavy atom. The number of rotatable bonds is 5. The van der Waals surface area contributed by atoms with Gasteiger partial charge in [0.05, 0.1) is 6.07 Å². The normalized spacial score (nSPS) is 19.8. The van der Waals surface area contributed by atoms with E-state index in [1.165, 1.54) is 0 Å². The molecule has 1 aromatic carbocycles. The SMILES string of the molecule is N#CCNC(=O)[C@H]1CC[C@H](NC(=O)OCc2ccccc2Br)CC1. The first-order valence-electron chi connectivity index (χ1n) is 7.91. The summed E-state index contributed by atoms with van der Waals surface area (Å²) in [4.78, 5) is 23.7. The van der Waals surface area contributed by atoms with E-state index in [1.54, 1.807) is 0 Å². The molecule has 6 nitrogen and oxygen atoms in total. The van der Waals surface area contributed by atoms with Crippen molar-refractivity contribution in [1.82, 2.24) is 10.6 Å². The smallest absolute Gasteiger partial charge is 0.407 e. The summed E-state index contributed by atoms with van der Waals surface area (Å²) in [5.41, 5.74) is 0.908. The molecule has 1 fully saturated rings. The number of nitriles is 1. The molecular formula is C17H20BrN3O3. The first kappa shape index (κ1) is 18.3. The van der Waals surface area contributed by atoms with Crippen LogP contribution in [0.3, 0.4) is 0 Å². The van der Waals surface area contributed by atoms with Crippen molar-refractivity contribution >= 4 is 27.9 Å². The number of ether oxygens (including phenoxy) is 1. The Morgan fingerprint density at radius 2 is 1.96 bits per heavy atom. The zero-order valence-corrected chi connectivity index (χ0v) is 14.8. The molecule has 1 saturated carbocycles. The van der Waals surface area contributed by atoms with Gasteiger partial charge in [0.15, 0.2) is 0 Å². The second-order valence-corrected chi connectivity index (χ2v) is 6.59. The summed E-state index contributed by atoms with van der Waals surface area (Å²) in [6, 6.07) is 9.50. The van der Waals surface area contributed by atoms with Crippen LogP contribution in [-0.2, 0) is 16.1 Å². The topological polar surface area (TPSA) is 91.2 Å². The highest BCUT2D eigenvalue weighted by Gasteiger charge is 2.27. The van der Waals surface area contributed by atoms with Crippen molar-refractivity contribution in [1.29, 1.82) is 5.26 Å². The summed E-state index contributed by atoms with van der Waals surface area (Å²) in [6.07, 6.45) is 2.42. The summed E-state index contributed by atoms with van der Waals surface area (Å²) < 4.78 is 6.15. The highest BCUT2D eigenvalue weighted by atomic mass is 79.9. The van der Waals surface area contributed by atoms with Gasteiger partial charge in [-0.25, -0.2) is 4.79 Å². The molecule has 0 bridgehead atoms. The molecule has 0 radical (unpaired) electrons. The van der Waals surface area contributed by atoms with E-state index in [1.807, 2.05) is 30.3 Å². The van der Waals surface area contributed by atoms with E-state index in [4.69, 9.17) is 10.00 Å². The molecule has 0 unspecified atom stereocenters. The summed E-state index contributed by atoms with van der Waals surface area (Å²) in [7, 11) is 0. The summed E-state index contributed by atoms with van der Waals surface area (Å²) in [5, 5.41) is 13.9. The Balaban J connectivity index is 1.70. The molecule has 0 heterocycles. The summed E-state index contributed by atoms with van der Waals surface area (Å²) >= 11 is 3.41. The maximum Gasteiger partial charge on any atom is 0.407 e. The standard InChI is InChI=1S/C17H20BrN3O3/c18-15-4-2-1-3-13(15)11-24-17(23)21-14-7-5-12(6-8-14)16(22)20-10-9-19/h1-4,12,14H,5-8,10-11H2,(H,20,22)(H,21,23)/t12-,14-. The van der Waals surface area contributed by atoms with Crippen molar-refractivity contribution in [2.24, 2.45) is 5.92 Å². The fourth-order valence-corrected chi connectivity index (χ4v) is 3.14. The fraction of sp³-hybridized carbons (Fsp3) is 0.471. The molecular weight excluding hydrogens is 374 g/mol. The van der Waals surface area contributed by atoms with Crippen LogP contribution >= 0.6 is 15.9 Å². The summed E-state index contributed by atoms with van der Waals surface area (Å²) in [6.45, 7) is 0.248. The number of carbonyl (C=O) groups excluding carboxylic acids is 2. The Morgan fingerprint density at radius 1 is 1.25 bits per heavy atom. The third kappa shape index (κ3) is 5.53. The number of carbonyl (C=O) groups is 2. The number of alkyl carbamates (subject to hydrolysis) is 1. The molecule has 0 aromatic heterocycles. The van der Waals surface area contributed by atoms with E-state index in [9.17, 15) is 9.59 Å². The van der Waals surface area contributed by atoms with Gasteiger partial charge in [0.25, 0.3) is 0 Å². The third-order valence-corrected chi connectivity index (χ3v) is 4.85. The second-order valence-electron chi connectivity index (χ2n) is 5.74. The van der Waals surface area contributed by atoms with Gasteiger partial charge in [0.2, 0.25) is 5.91 Å². The Hall–Kier alpha value is -2.07. The minimum atomic E-state index is -0.442. The lowest BCUT2D eigenvalue weighted by molar-refractivity contribution is -0.125. The van der Waals surface area contributed by atoms with Crippen LogP contribution in [0.4, 0.5) is 4.79 Å².